The summed E-state index contributed by atoms with van der Waals surface area (Å²) >= 11 is -1.05. The molecule has 9 nitrogen and oxygen atoms in total. The summed E-state index contributed by atoms with van der Waals surface area (Å²) in [6, 6.07) is 1.24. The summed E-state index contributed by atoms with van der Waals surface area (Å²) in [6.07, 6.45) is -0.293. The number of ether oxygens (including phenoxy) is 1. The molecule has 3 rings (SSSR count). The first kappa shape index (κ1) is 27.1. The van der Waals surface area contributed by atoms with Crippen molar-refractivity contribution in [3.05, 3.63) is 28.8 Å². The zero-order valence-corrected chi connectivity index (χ0v) is 20.4. The van der Waals surface area contributed by atoms with Crippen LogP contribution < -0.4 is 10.2 Å². The summed E-state index contributed by atoms with van der Waals surface area (Å²) in [4.78, 5) is 39.0. The van der Waals surface area contributed by atoms with Crippen molar-refractivity contribution in [3.8, 4) is 0 Å². The second-order valence-corrected chi connectivity index (χ2v) is 9.06. The molecule has 2 saturated heterocycles. The van der Waals surface area contributed by atoms with E-state index in [2.05, 4.69) is 5.32 Å². The quantitative estimate of drug-likeness (QED) is 0.370. The molecule has 3 N–H and O–H groups in total. The average molecular weight is 564 g/mol. The number of carbonyl (C=O) groups excluding carboxylic acids is 3. The summed E-state index contributed by atoms with van der Waals surface area (Å²) in [6.45, 7) is 8.45. The second kappa shape index (κ2) is 11.3. The van der Waals surface area contributed by atoms with Crippen molar-refractivity contribution in [3.63, 3.8) is 0 Å². The van der Waals surface area contributed by atoms with Crippen LogP contribution in [0.5, 0.6) is 0 Å². The number of imide groups is 1. The number of amides is 3. The third-order valence-electron chi connectivity index (χ3n) is 5.33. The summed E-state index contributed by atoms with van der Waals surface area (Å²) in [5.41, 5.74) is -0.261. The van der Waals surface area contributed by atoms with Gasteiger partial charge in [-0.2, -0.15) is 0 Å². The minimum absolute atomic E-state index is 0.0444. The molecule has 0 spiro atoms. The molecule has 0 aromatic heterocycles. The van der Waals surface area contributed by atoms with E-state index in [9.17, 15) is 18.8 Å². The topological polar surface area (TPSA) is 119 Å². The molecule has 12 heteroatoms. The number of nitrogens with zero attached hydrogens (tertiary/aromatic N) is 2. The van der Waals surface area contributed by atoms with Crippen molar-refractivity contribution in [2.75, 3.05) is 31.1 Å². The number of piperidine rings is 1. The van der Waals surface area contributed by atoms with Crippen molar-refractivity contribution in [1.82, 2.24) is 10.2 Å². The zero-order chi connectivity index (χ0) is 24.9. The van der Waals surface area contributed by atoms with Crippen LogP contribution in [0.4, 0.5) is 19.3 Å². The standard InChI is InChI=1S/C21H27F2N3O4.2H2O.Pd/c1-12-15(25-7-9-26(10-8-25)20(29)30-21(2,3)4)11-14(22)17(18(12)23)13-5-6-16(27)24-19(13)28;;;/h11,13H,5-10H2,1-4H3,(H,24,27,28);2*1H2;/q;;;+2/p-2. The maximum absolute atomic E-state index is 15.1. The molecule has 3 amide bonds. The van der Waals surface area contributed by atoms with Crippen LogP contribution in [0.15, 0.2) is 6.07 Å². The Morgan fingerprint density at radius 1 is 1.18 bits per heavy atom. The van der Waals surface area contributed by atoms with Gasteiger partial charge in [-0.05, 0) is 40.2 Å². The van der Waals surface area contributed by atoms with Crippen molar-refractivity contribution in [2.45, 2.75) is 52.1 Å². The van der Waals surface area contributed by atoms with E-state index in [1.54, 1.807) is 32.6 Å². The zero-order valence-electron chi connectivity index (χ0n) is 18.9. The van der Waals surface area contributed by atoms with Crippen LogP contribution in [0.3, 0.4) is 0 Å². The van der Waals surface area contributed by atoms with Crippen LogP contribution in [0.1, 0.15) is 50.7 Å². The Morgan fingerprint density at radius 3 is 2.27 bits per heavy atom. The van der Waals surface area contributed by atoms with Gasteiger partial charge in [-0.25, -0.2) is 13.6 Å². The number of rotatable bonds is 2. The Bertz CT molecular complexity index is 901. The van der Waals surface area contributed by atoms with E-state index in [4.69, 9.17) is 12.4 Å². The molecule has 2 aliphatic heterocycles. The van der Waals surface area contributed by atoms with E-state index in [0.29, 0.717) is 31.9 Å². The van der Waals surface area contributed by atoms with Gasteiger partial charge in [0.1, 0.15) is 17.2 Å². The second-order valence-electron chi connectivity index (χ2n) is 8.75. The SMILES string of the molecule is Cc1c(N2CCN(C(=O)OC(C)(C)C)CC2)cc(F)c(C2CCC(=O)NC2=O)c1F.[OH][Pd][OH]. The maximum atomic E-state index is 15.1. The molecule has 1 aromatic rings. The number of carbonyl (C=O) groups is 3. The van der Waals surface area contributed by atoms with E-state index in [1.165, 1.54) is 6.07 Å². The van der Waals surface area contributed by atoms with Crippen LogP contribution in [-0.4, -0.2) is 62.2 Å². The van der Waals surface area contributed by atoms with Gasteiger partial charge in [-0.3, -0.25) is 14.9 Å². The first-order valence-corrected chi connectivity index (χ1v) is 11.7. The number of nitrogens with one attached hydrogen (secondary N) is 1. The predicted octanol–water partition coefficient (Wildman–Crippen LogP) is 1.73. The van der Waals surface area contributed by atoms with E-state index >= 15 is 4.39 Å². The van der Waals surface area contributed by atoms with E-state index in [-0.39, 0.29) is 24.0 Å². The molecule has 0 saturated carbocycles. The molecule has 1 aromatic carbocycles. The van der Waals surface area contributed by atoms with E-state index in [0.717, 1.165) is 0 Å². The molecule has 2 heterocycles. The summed E-state index contributed by atoms with van der Waals surface area (Å²) < 4.78 is 49.7. The Balaban J connectivity index is 0.00000122. The van der Waals surface area contributed by atoms with Crippen LogP contribution in [-0.2, 0) is 33.1 Å². The Labute approximate surface area is 200 Å². The number of piperazine rings is 1. The molecule has 33 heavy (non-hydrogen) atoms. The first-order valence-electron chi connectivity index (χ1n) is 10.3. The number of hydrogen-bond donors (Lipinski definition) is 3. The van der Waals surface area contributed by atoms with Crippen molar-refractivity contribution < 1.29 is 54.3 Å². The minimum atomic E-state index is -1.05. The average Bonchev–Trinajstić information content (AvgIpc) is 2.72. The molecule has 188 valence electrons. The van der Waals surface area contributed by atoms with Crippen LogP contribution in [0.25, 0.3) is 0 Å². The number of benzene rings is 1. The third kappa shape index (κ3) is 6.93. The van der Waals surface area contributed by atoms with Gasteiger partial charge < -0.3 is 14.5 Å². The summed E-state index contributed by atoms with van der Waals surface area (Å²) in [5, 5.41) is 2.14. The van der Waals surface area contributed by atoms with Gasteiger partial charge in [-0.15, -0.1) is 0 Å². The fourth-order valence-electron chi connectivity index (χ4n) is 3.80. The molecular formula is C21H29F2N3O6Pd. The van der Waals surface area contributed by atoms with Crippen LogP contribution in [0, 0.1) is 18.6 Å². The van der Waals surface area contributed by atoms with Gasteiger partial charge in [0.15, 0.2) is 0 Å². The van der Waals surface area contributed by atoms with Crippen LogP contribution >= 0.6 is 0 Å². The van der Waals surface area contributed by atoms with Gasteiger partial charge in [0.05, 0.1) is 5.92 Å². The number of anilines is 1. The Morgan fingerprint density at radius 2 is 1.76 bits per heavy atom. The first-order chi connectivity index (χ1) is 15.4. The van der Waals surface area contributed by atoms with Crippen molar-refractivity contribution >= 4 is 23.6 Å². The molecule has 0 radical (unpaired) electrons. The number of hydrogen-bond acceptors (Lipinski definition) is 7. The molecule has 2 aliphatic rings. The molecule has 2 fully saturated rings. The van der Waals surface area contributed by atoms with Crippen LogP contribution in [0.2, 0.25) is 0 Å². The summed E-state index contributed by atoms with van der Waals surface area (Å²) in [5.74, 6) is -3.72. The fourth-order valence-corrected chi connectivity index (χ4v) is 3.80. The van der Waals surface area contributed by atoms with Crippen molar-refractivity contribution in [2.24, 2.45) is 0 Å². The summed E-state index contributed by atoms with van der Waals surface area (Å²) in [7, 11) is 0. The Kier molecular flexibility index (Phi) is 9.31. The monoisotopic (exact) mass is 563 g/mol. The molecular weight excluding hydrogens is 535 g/mol. The van der Waals surface area contributed by atoms with Gasteiger partial charge >= 0.3 is 32.5 Å². The fraction of sp³-hybridized carbons (Fsp3) is 0.571. The van der Waals surface area contributed by atoms with E-state index in [1.807, 2.05) is 4.90 Å². The Hall–Kier alpha value is -2.13. The molecule has 0 bridgehead atoms. The third-order valence-corrected chi connectivity index (χ3v) is 5.33. The molecule has 0 aliphatic carbocycles. The van der Waals surface area contributed by atoms with Gasteiger partial charge in [0.25, 0.3) is 0 Å². The van der Waals surface area contributed by atoms with Gasteiger partial charge in [0, 0.05) is 49.4 Å². The normalized spacial score (nSPS) is 19.1. The molecule has 1 unspecified atom stereocenters. The van der Waals surface area contributed by atoms with E-state index < -0.39 is 59.8 Å². The predicted molar refractivity (Wildman–Crippen MR) is 111 cm³/mol. The van der Waals surface area contributed by atoms with Crippen molar-refractivity contribution in [1.29, 1.82) is 0 Å². The number of halogens is 2. The van der Waals surface area contributed by atoms with Gasteiger partial charge in [-0.1, -0.05) is 0 Å². The molecule has 1 atom stereocenters. The van der Waals surface area contributed by atoms with Gasteiger partial charge in [0.2, 0.25) is 11.8 Å².